The van der Waals surface area contributed by atoms with Crippen LogP contribution in [0.5, 0.6) is 0 Å². The highest BCUT2D eigenvalue weighted by atomic mass is 16.2. The fourth-order valence-electron chi connectivity index (χ4n) is 1.79. The van der Waals surface area contributed by atoms with Crippen LogP contribution in [0.4, 0.5) is 0 Å². The average Bonchev–Trinajstić information content (AvgIpc) is 2.45. The molecule has 5 heteroatoms. The maximum atomic E-state index is 11.8. The Morgan fingerprint density at radius 1 is 1.25 bits per heavy atom. The minimum absolute atomic E-state index is 0.162. The summed E-state index contributed by atoms with van der Waals surface area (Å²) in [5, 5.41) is 5.40. The molecule has 20 heavy (non-hydrogen) atoms. The van der Waals surface area contributed by atoms with Gasteiger partial charge in [-0.15, -0.1) is 0 Å². The molecule has 0 spiro atoms. The van der Waals surface area contributed by atoms with E-state index in [1.165, 1.54) is 0 Å². The molecule has 0 aromatic heterocycles. The molecule has 5 nitrogen and oxygen atoms in total. The van der Waals surface area contributed by atoms with E-state index in [1.54, 1.807) is 6.92 Å². The monoisotopic (exact) mass is 277 g/mol. The van der Waals surface area contributed by atoms with E-state index < -0.39 is 6.04 Å². The summed E-state index contributed by atoms with van der Waals surface area (Å²) in [7, 11) is 0. The smallest absolute Gasteiger partial charge is 0.242 e. The number of hydrogen-bond donors (Lipinski definition) is 3. The summed E-state index contributed by atoms with van der Waals surface area (Å²) < 4.78 is 0. The predicted molar refractivity (Wildman–Crippen MR) is 78.9 cm³/mol. The van der Waals surface area contributed by atoms with Crippen molar-refractivity contribution < 1.29 is 9.59 Å². The molecule has 110 valence electrons. The first-order chi connectivity index (χ1) is 9.54. The molecule has 0 radical (unpaired) electrons. The molecule has 2 atom stereocenters. The number of nitrogens with two attached hydrogens (primary N) is 1. The first kappa shape index (κ1) is 16.2. The third-order valence-electron chi connectivity index (χ3n) is 2.95. The molecular weight excluding hydrogens is 254 g/mol. The minimum Gasteiger partial charge on any atom is -0.354 e. The van der Waals surface area contributed by atoms with Crippen molar-refractivity contribution in [3.8, 4) is 0 Å². The van der Waals surface area contributed by atoms with E-state index in [9.17, 15) is 9.59 Å². The van der Waals surface area contributed by atoms with Crippen LogP contribution in [0.2, 0.25) is 0 Å². The highest BCUT2D eigenvalue weighted by molar-refractivity contribution is 5.87. The molecule has 0 saturated carbocycles. The molecule has 0 saturated heterocycles. The quantitative estimate of drug-likeness (QED) is 0.698. The van der Waals surface area contributed by atoms with Crippen LogP contribution < -0.4 is 16.4 Å². The van der Waals surface area contributed by atoms with Crippen LogP contribution >= 0.6 is 0 Å². The fourth-order valence-corrected chi connectivity index (χ4v) is 1.79. The molecule has 0 fully saturated rings. The zero-order valence-electron chi connectivity index (χ0n) is 12.1. The van der Waals surface area contributed by atoms with E-state index in [0.717, 1.165) is 12.0 Å². The number of hydrogen-bond acceptors (Lipinski definition) is 3. The maximum absolute atomic E-state index is 11.8. The van der Waals surface area contributed by atoms with Gasteiger partial charge in [-0.25, -0.2) is 0 Å². The largest absolute Gasteiger partial charge is 0.354 e. The van der Waals surface area contributed by atoms with Crippen LogP contribution in [0.1, 0.15) is 38.3 Å². The Kier molecular flexibility index (Phi) is 6.73. The van der Waals surface area contributed by atoms with Crippen molar-refractivity contribution in [3.63, 3.8) is 0 Å². The van der Waals surface area contributed by atoms with Crippen LogP contribution in [-0.2, 0) is 9.59 Å². The van der Waals surface area contributed by atoms with Gasteiger partial charge in [0.25, 0.3) is 0 Å². The summed E-state index contributed by atoms with van der Waals surface area (Å²) in [4.78, 5) is 23.5. The SMILES string of the molecule is CCCNC(=O)C(C)NC(=O)CC(N)c1ccccc1. The molecular formula is C15H23N3O2. The van der Waals surface area contributed by atoms with Crippen molar-refractivity contribution in [2.24, 2.45) is 5.73 Å². The Morgan fingerprint density at radius 3 is 2.50 bits per heavy atom. The summed E-state index contributed by atoms with van der Waals surface area (Å²) in [6.45, 7) is 4.25. The van der Waals surface area contributed by atoms with Gasteiger partial charge >= 0.3 is 0 Å². The summed E-state index contributed by atoms with van der Waals surface area (Å²) >= 11 is 0. The normalized spacial score (nSPS) is 13.3. The molecule has 0 aliphatic rings. The fraction of sp³-hybridized carbons (Fsp3) is 0.467. The van der Waals surface area contributed by atoms with Gasteiger partial charge < -0.3 is 16.4 Å². The molecule has 1 rings (SSSR count). The first-order valence-corrected chi connectivity index (χ1v) is 6.92. The van der Waals surface area contributed by atoms with E-state index in [-0.39, 0.29) is 24.3 Å². The van der Waals surface area contributed by atoms with Crippen molar-refractivity contribution in [2.75, 3.05) is 6.54 Å². The van der Waals surface area contributed by atoms with Gasteiger partial charge in [-0.05, 0) is 18.9 Å². The molecule has 2 amide bonds. The topological polar surface area (TPSA) is 84.2 Å². The average molecular weight is 277 g/mol. The Hall–Kier alpha value is -1.88. The van der Waals surface area contributed by atoms with Crippen molar-refractivity contribution in [1.82, 2.24) is 10.6 Å². The third-order valence-corrected chi connectivity index (χ3v) is 2.95. The number of carbonyl (C=O) groups is 2. The Bertz CT molecular complexity index is 434. The number of carbonyl (C=O) groups excluding carboxylic acids is 2. The zero-order valence-corrected chi connectivity index (χ0v) is 12.1. The second-order valence-electron chi connectivity index (χ2n) is 4.80. The third kappa shape index (κ3) is 5.40. The highest BCUT2D eigenvalue weighted by Gasteiger charge is 2.17. The number of benzene rings is 1. The standard InChI is InChI=1S/C15H23N3O2/c1-3-9-17-15(20)11(2)18-14(19)10-13(16)12-7-5-4-6-8-12/h4-8,11,13H,3,9-10,16H2,1-2H3,(H,17,20)(H,18,19). The molecule has 1 aromatic carbocycles. The van der Waals surface area contributed by atoms with Gasteiger partial charge in [0.05, 0.1) is 0 Å². The summed E-state index contributed by atoms with van der Waals surface area (Å²) in [6.07, 6.45) is 1.03. The Balaban J connectivity index is 2.41. The first-order valence-electron chi connectivity index (χ1n) is 6.92. The van der Waals surface area contributed by atoms with E-state index in [2.05, 4.69) is 10.6 Å². The van der Waals surface area contributed by atoms with Gasteiger partial charge in [0, 0.05) is 19.0 Å². The molecule has 0 heterocycles. The predicted octanol–water partition coefficient (Wildman–Crippen LogP) is 1.11. The van der Waals surface area contributed by atoms with Gasteiger partial charge in [0.15, 0.2) is 0 Å². The van der Waals surface area contributed by atoms with E-state index in [4.69, 9.17) is 5.73 Å². The van der Waals surface area contributed by atoms with Crippen molar-refractivity contribution in [2.45, 2.75) is 38.8 Å². The lowest BCUT2D eigenvalue weighted by Crippen LogP contribution is -2.45. The molecule has 0 aliphatic heterocycles. The van der Waals surface area contributed by atoms with Crippen LogP contribution in [0.25, 0.3) is 0 Å². The molecule has 0 bridgehead atoms. The minimum atomic E-state index is -0.544. The highest BCUT2D eigenvalue weighted by Crippen LogP contribution is 2.12. The molecule has 2 unspecified atom stereocenters. The van der Waals surface area contributed by atoms with Crippen LogP contribution in [-0.4, -0.2) is 24.4 Å². The van der Waals surface area contributed by atoms with Crippen LogP contribution in [0.15, 0.2) is 30.3 Å². The molecule has 4 N–H and O–H groups in total. The summed E-state index contributed by atoms with van der Waals surface area (Å²) in [5.41, 5.74) is 6.87. The van der Waals surface area contributed by atoms with Crippen molar-refractivity contribution in [3.05, 3.63) is 35.9 Å². The van der Waals surface area contributed by atoms with E-state index >= 15 is 0 Å². The lowest BCUT2D eigenvalue weighted by atomic mass is 10.0. The number of amides is 2. The lowest BCUT2D eigenvalue weighted by molar-refractivity contribution is -0.128. The summed E-state index contributed by atoms with van der Waals surface area (Å²) in [5.74, 6) is -0.394. The second-order valence-corrected chi connectivity index (χ2v) is 4.80. The van der Waals surface area contributed by atoms with Gasteiger partial charge in [0.1, 0.15) is 6.04 Å². The zero-order chi connectivity index (χ0) is 15.0. The van der Waals surface area contributed by atoms with Crippen LogP contribution in [0.3, 0.4) is 0 Å². The van der Waals surface area contributed by atoms with E-state index in [1.807, 2.05) is 37.3 Å². The molecule has 1 aromatic rings. The second kappa shape index (κ2) is 8.32. The number of rotatable bonds is 7. The Morgan fingerprint density at radius 2 is 1.90 bits per heavy atom. The van der Waals surface area contributed by atoms with Gasteiger partial charge in [-0.2, -0.15) is 0 Å². The molecule has 0 aliphatic carbocycles. The number of nitrogens with one attached hydrogen (secondary N) is 2. The Labute approximate surface area is 119 Å². The maximum Gasteiger partial charge on any atom is 0.242 e. The van der Waals surface area contributed by atoms with Crippen molar-refractivity contribution >= 4 is 11.8 Å². The van der Waals surface area contributed by atoms with E-state index in [0.29, 0.717) is 6.54 Å². The van der Waals surface area contributed by atoms with Crippen LogP contribution in [0, 0.1) is 0 Å². The van der Waals surface area contributed by atoms with Gasteiger partial charge in [-0.3, -0.25) is 9.59 Å². The van der Waals surface area contributed by atoms with Gasteiger partial charge in [0.2, 0.25) is 11.8 Å². The lowest BCUT2D eigenvalue weighted by Gasteiger charge is -2.16. The van der Waals surface area contributed by atoms with Crippen molar-refractivity contribution in [1.29, 1.82) is 0 Å². The van der Waals surface area contributed by atoms with Gasteiger partial charge in [-0.1, -0.05) is 37.3 Å². The summed E-state index contributed by atoms with van der Waals surface area (Å²) in [6, 6.07) is 8.53.